The fourth-order valence-electron chi connectivity index (χ4n) is 1.65. The lowest BCUT2D eigenvalue weighted by Crippen LogP contribution is -2.00. The maximum atomic E-state index is 6.18. The first kappa shape index (κ1) is 10.9. The lowest BCUT2D eigenvalue weighted by atomic mass is 10.1. The number of rotatable bonds is 1. The minimum atomic E-state index is 0.219. The largest absolute Gasteiger partial charge is 0.368 e. The summed E-state index contributed by atoms with van der Waals surface area (Å²) in [7, 11) is 0. The SMILES string of the molecule is Cc1nc(N)nc(-c2c(C)n[nH]c2C)c1Cl. The van der Waals surface area contributed by atoms with E-state index in [1.807, 2.05) is 13.8 Å². The van der Waals surface area contributed by atoms with Crippen LogP contribution in [0.1, 0.15) is 17.1 Å². The first-order valence-electron chi connectivity index (χ1n) is 4.82. The summed E-state index contributed by atoms with van der Waals surface area (Å²) in [6.45, 7) is 5.61. The predicted octanol–water partition coefficient (Wildman–Crippen LogP) is 2.03. The van der Waals surface area contributed by atoms with Crippen LogP contribution in [0.2, 0.25) is 5.02 Å². The Hall–Kier alpha value is -1.62. The zero-order valence-corrected chi connectivity index (χ0v) is 10.1. The van der Waals surface area contributed by atoms with E-state index in [1.54, 1.807) is 6.92 Å². The number of hydrogen-bond donors (Lipinski definition) is 2. The number of H-pyrrole nitrogens is 1. The summed E-state index contributed by atoms with van der Waals surface area (Å²) in [5, 5.41) is 7.52. The second-order valence-corrected chi connectivity index (χ2v) is 4.02. The molecule has 0 radical (unpaired) electrons. The highest BCUT2D eigenvalue weighted by molar-refractivity contribution is 6.33. The molecule has 0 aromatic carbocycles. The van der Waals surface area contributed by atoms with E-state index in [0.29, 0.717) is 16.4 Å². The third-order valence-corrected chi connectivity index (χ3v) is 2.85. The van der Waals surface area contributed by atoms with Crippen molar-refractivity contribution in [3.63, 3.8) is 0 Å². The molecule has 2 aromatic rings. The monoisotopic (exact) mass is 237 g/mol. The Morgan fingerprint density at radius 1 is 1.12 bits per heavy atom. The minimum absolute atomic E-state index is 0.219. The number of aromatic amines is 1. The summed E-state index contributed by atoms with van der Waals surface area (Å²) in [5.41, 5.74) is 9.58. The van der Waals surface area contributed by atoms with Crippen LogP contribution in [0.5, 0.6) is 0 Å². The molecule has 0 saturated carbocycles. The molecule has 0 aliphatic carbocycles. The number of nitrogens with one attached hydrogen (secondary N) is 1. The van der Waals surface area contributed by atoms with Gasteiger partial charge in [-0.2, -0.15) is 5.10 Å². The molecule has 2 aromatic heterocycles. The zero-order chi connectivity index (χ0) is 11.9. The number of nitrogen functional groups attached to an aromatic ring is 1. The van der Waals surface area contributed by atoms with Crippen LogP contribution in [0.4, 0.5) is 5.95 Å². The minimum Gasteiger partial charge on any atom is -0.368 e. The van der Waals surface area contributed by atoms with E-state index in [0.717, 1.165) is 17.0 Å². The van der Waals surface area contributed by atoms with Crippen molar-refractivity contribution >= 4 is 17.5 Å². The van der Waals surface area contributed by atoms with Crippen molar-refractivity contribution in [2.45, 2.75) is 20.8 Å². The summed E-state index contributed by atoms with van der Waals surface area (Å²) in [5.74, 6) is 0.219. The number of aryl methyl sites for hydroxylation is 3. The third-order valence-electron chi connectivity index (χ3n) is 2.40. The van der Waals surface area contributed by atoms with Crippen LogP contribution >= 0.6 is 11.6 Å². The maximum Gasteiger partial charge on any atom is 0.220 e. The molecular weight excluding hydrogens is 226 g/mol. The van der Waals surface area contributed by atoms with Gasteiger partial charge in [0, 0.05) is 11.3 Å². The molecule has 0 atom stereocenters. The first-order chi connectivity index (χ1) is 7.50. The third kappa shape index (κ3) is 1.63. The van der Waals surface area contributed by atoms with Crippen LogP contribution in [0.25, 0.3) is 11.3 Å². The Morgan fingerprint density at radius 3 is 2.38 bits per heavy atom. The van der Waals surface area contributed by atoms with Crippen molar-refractivity contribution in [2.24, 2.45) is 0 Å². The number of hydrogen-bond acceptors (Lipinski definition) is 4. The molecular formula is C10H12ClN5. The van der Waals surface area contributed by atoms with Gasteiger partial charge in [0.1, 0.15) is 0 Å². The number of anilines is 1. The molecule has 16 heavy (non-hydrogen) atoms. The highest BCUT2D eigenvalue weighted by atomic mass is 35.5. The average molecular weight is 238 g/mol. The van der Waals surface area contributed by atoms with E-state index in [2.05, 4.69) is 20.2 Å². The van der Waals surface area contributed by atoms with Gasteiger partial charge < -0.3 is 5.73 Å². The fourth-order valence-corrected chi connectivity index (χ4v) is 1.83. The Kier molecular flexibility index (Phi) is 2.55. The highest BCUT2D eigenvalue weighted by Crippen LogP contribution is 2.31. The molecule has 84 valence electrons. The van der Waals surface area contributed by atoms with Gasteiger partial charge in [-0.3, -0.25) is 5.10 Å². The average Bonchev–Trinajstić information content (AvgIpc) is 2.53. The van der Waals surface area contributed by atoms with Crippen LogP contribution in [0.3, 0.4) is 0 Å². The van der Waals surface area contributed by atoms with Crippen molar-refractivity contribution in [1.82, 2.24) is 20.2 Å². The summed E-state index contributed by atoms with van der Waals surface area (Å²) in [6.07, 6.45) is 0. The Morgan fingerprint density at radius 2 is 1.81 bits per heavy atom. The molecule has 0 aliphatic rings. The molecule has 0 unspecified atom stereocenters. The highest BCUT2D eigenvalue weighted by Gasteiger charge is 2.16. The summed E-state index contributed by atoms with van der Waals surface area (Å²) < 4.78 is 0. The van der Waals surface area contributed by atoms with Gasteiger partial charge in [0.05, 0.1) is 22.1 Å². The van der Waals surface area contributed by atoms with E-state index in [4.69, 9.17) is 17.3 Å². The zero-order valence-electron chi connectivity index (χ0n) is 9.30. The smallest absolute Gasteiger partial charge is 0.220 e. The summed E-state index contributed by atoms with van der Waals surface area (Å²) in [6, 6.07) is 0. The fraction of sp³-hybridized carbons (Fsp3) is 0.300. The summed E-state index contributed by atoms with van der Waals surface area (Å²) in [4.78, 5) is 8.18. The number of nitrogens with two attached hydrogens (primary N) is 1. The first-order valence-corrected chi connectivity index (χ1v) is 5.20. The molecule has 3 N–H and O–H groups in total. The van der Waals surface area contributed by atoms with Gasteiger partial charge in [0.2, 0.25) is 5.95 Å². The van der Waals surface area contributed by atoms with Gasteiger partial charge in [-0.25, -0.2) is 9.97 Å². The van der Waals surface area contributed by atoms with E-state index in [-0.39, 0.29) is 5.95 Å². The Balaban J connectivity index is 2.74. The van der Waals surface area contributed by atoms with E-state index in [1.165, 1.54) is 0 Å². The molecule has 0 amide bonds. The lowest BCUT2D eigenvalue weighted by molar-refractivity contribution is 1.02. The predicted molar refractivity (Wildman–Crippen MR) is 63.2 cm³/mol. The van der Waals surface area contributed by atoms with Crippen LogP contribution in [0, 0.1) is 20.8 Å². The lowest BCUT2D eigenvalue weighted by Gasteiger charge is -2.06. The normalized spacial score (nSPS) is 10.8. The van der Waals surface area contributed by atoms with E-state index >= 15 is 0 Å². The molecule has 2 rings (SSSR count). The second kappa shape index (κ2) is 3.75. The van der Waals surface area contributed by atoms with Crippen molar-refractivity contribution in [2.75, 3.05) is 5.73 Å². The molecule has 6 heteroatoms. The number of aromatic nitrogens is 4. The molecule has 0 aliphatic heterocycles. The van der Waals surface area contributed by atoms with Crippen LogP contribution < -0.4 is 5.73 Å². The van der Waals surface area contributed by atoms with Crippen LogP contribution in [-0.2, 0) is 0 Å². The van der Waals surface area contributed by atoms with Crippen LogP contribution in [-0.4, -0.2) is 20.2 Å². The second-order valence-electron chi connectivity index (χ2n) is 3.64. The van der Waals surface area contributed by atoms with Crippen molar-refractivity contribution in [1.29, 1.82) is 0 Å². The maximum absolute atomic E-state index is 6.18. The standard InChI is InChI=1S/C10H12ClN5/c1-4-7(5(2)16-15-4)9-8(11)6(3)13-10(12)14-9/h1-3H3,(H,15,16)(H2,12,13,14). The number of nitrogens with zero attached hydrogens (tertiary/aromatic N) is 3. The van der Waals surface area contributed by atoms with Crippen molar-refractivity contribution < 1.29 is 0 Å². The molecule has 2 heterocycles. The molecule has 0 saturated heterocycles. The van der Waals surface area contributed by atoms with Gasteiger partial charge in [-0.1, -0.05) is 11.6 Å². The van der Waals surface area contributed by atoms with Crippen molar-refractivity contribution in [3.05, 3.63) is 22.1 Å². The molecule has 0 spiro atoms. The van der Waals surface area contributed by atoms with Gasteiger partial charge in [-0.05, 0) is 20.8 Å². The van der Waals surface area contributed by atoms with E-state index < -0.39 is 0 Å². The quantitative estimate of drug-likeness (QED) is 0.795. The van der Waals surface area contributed by atoms with Gasteiger partial charge in [0.25, 0.3) is 0 Å². The number of halogens is 1. The van der Waals surface area contributed by atoms with E-state index in [9.17, 15) is 0 Å². The Labute approximate surface area is 98.1 Å². The topological polar surface area (TPSA) is 80.5 Å². The molecule has 0 fully saturated rings. The molecule has 5 nitrogen and oxygen atoms in total. The Bertz CT molecular complexity index is 527. The van der Waals surface area contributed by atoms with Gasteiger partial charge >= 0.3 is 0 Å². The molecule has 0 bridgehead atoms. The summed E-state index contributed by atoms with van der Waals surface area (Å²) >= 11 is 6.18. The van der Waals surface area contributed by atoms with Gasteiger partial charge in [-0.15, -0.1) is 0 Å². The van der Waals surface area contributed by atoms with Gasteiger partial charge in [0.15, 0.2) is 0 Å². The van der Waals surface area contributed by atoms with Crippen molar-refractivity contribution in [3.8, 4) is 11.3 Å². The van der Waals surface area contributed by atoms with Crippen LogP contribution in [0.15, 0.2) is 0 Å².